The molecule has 0 radical (unpaired) electrons. The zero-order chi connectivity index (χ0) is 12.3. The Morgan fingerprint density at radius 1 is 1.41 bits per heavy atom. The lowest BCUT2D eigenvalue weighted by atomic mass is 10.2. The predicted octanol–water partition coefficient (Wildman–Crippen LogP) is 2.75. The first-order chi connectivity index (χ1) is 8.16. The van der Waals surface area contributed by atoms with Gasteiger partial charge in [-0.2, -0.15) is 0 Å². The van der Waals surface area contributed by atoms with Crippen molar-refractivity contribution in [3.63, 3.8) is 0 Å². The molecular formula is C12H14N2OS2. The minimum absolute atomic E-state index is 0.0819. The summed E-state index contributed by atoms with van der Waals surface area (Å²) < 4.78 is 0. The normalized spacial score (nSPS) is 12.3. The van der Waals surface area contributed by atoms with Gasteiger partial charge in [-0.15, -0.1) is 22.7 Å². The van der Waals surface area contributed by atoms with Gasteiger partial charge in [-0.05, 0) is 29.8 Å². The number of amides is 1. The summed E-state index contributed by atoms with van der Waals surface area (Å²) >= 11 is 3.08. The summed E-state index contributed by atoms with van der Waals surface area (Å²) in [6.45, 7) is 2.00. The Labute approximate surface area is 108 Å². The summed E-state index contributed by atoms with van der Waals surface area (Å²) in [5.74, 6) is -0.0819. The highest BCUT2D eigenvalue weighted by Gasteiger charge is 2.14. The van der Waals surface area contributed by atoms with Crippen LogP contribution in [-0.2, 0) is 6.42 Å². The lowest BCUT2D eigenvalue weighted by Gasteiger charge is -2.12. The minimum atomic E-state index is -0.0819. The third-order valence-corrected chi connectivity index (χ3v) is 4.19. The molecule has 0 fully saturated rings. The second-order valence-corrected chi connectivity index (χ2v) is 5.81. The van der Waals surface area contributed by atoms with Crippen LogP contribution < -0.4 is 11.1 Å². The van der Waals surface area contributed by atoms with Crippen LogP contribution in [0.5, 0.6) is 0 Å². The average Bonchev–Trinajstić information content (AvgIpc) is 2.88. The van der Waals surface area contributed by atoms with Crippen LogP contribution in [0.15, 0.2) is 29.0 Å². The fraction of sp³-hybridized carbons (Fsp3) is 0.250. The van der Waals surface area contributed by atoms with Gasteiger partial charge >= 0.3 is 0 Å². The van der Waals surface area contributed by atoms with E-state index >= 15 is 0 Å². The standard InChI is InChI=1S/C12H14N2OS2/c1-8(7-9-3-2-5-16-9)14-12(15)11-10(13)4-6-17-11/h2-6,8H,7,13H2,1H3,(H,14,15). The molecule has 2 aromatic heterocycles. The Kier molecular flexibility index (Phi) is 3.81. The zero-order valence-electron chi connectivity index (χ0n) is 9.47. The summed E-state index contributed by atoms with van der Waals surface area (Å²) in [5.41, 5.74) is 6.26. The third kappa shape index (κ3) is 3.08. The molecule has 0 aliphatic carbocycles. The van der Waals surface area contributed by atoms with Crippen molar-refractivity contribution in [3.05, 3.63) is 38.7 Å². The van der Waals surface area contributed by atoms with Crippen LogP contribution in [-0.4, -0.2) is 11.9 Å². The Bertz CT molecular complexity index is 490. The SMILES string of the molecule is CC(Cc1cccs1)NC(=O)c1sccc1N. The summed E-state index contributed by atoms with van der Waals surface area (Å²) in [4.78, 5) is 13.8. The maximum absolute atomic E-state index is 11.9. The van der Waals surface area contributed by atoms with Gasteiger partial charge in [0.15, 0.2) is 0 Å². The van der Waals surface area contributed by atoms with Crippen molar-refractivity contribution in [1.82, 2.24) is 5.32 Å². The Balaban J connectivity index is 1.93. The highest BCUT2D eigenvalue weighted by atomic mass is 32.1. The molecule has 2 heterocycles. The first kappa shape index (κ1) is 12.1. The van der Waals surface area contributed by atoms with E-state index in [1.54, 1.807) is 17.4 Å². The summed E-state index contributed by atoms with van der Waals surface area (Å²) in [5, 5.41) is 6.83. The smallest absolute Gasteiger partial charge is 0.263 e. The van der Waals surface area contributed by atoms with Crippen LogP contribution in [0.3, 0.4) is 0 Å². The lowest BCUT2D eigenvalue weighted by Crippen LogP contribution is -2.33. The van der Waals surface area contributed by atoms with Crippen molar-refractivity contribution in [2.75, 3.05) is 5.73 Å². The molecule has 2 rings (SSSR count). The van der Waals surface area contributed by atoms with Crippen molar-refractivity contribution in [1.29, 1.82) is 0 Å². The molecular weight excluding hydrogens is 252 g/mol. The molecule has 90 valence electrons. The number of carbonyl (C=O) groups excluding carboxylic acids is 1. The molecule has 0 saturated heterocycles. The molecule has 1 unspecified atom stereocenters. The number of nitrogens with two attached hydrogens (primary N) is 1. The van der Waals surface area contributed by atoms with E-state index in [1.165, 1.54) is 16.2 Å². The Morgan fingerprint density at radius 2 is 2.24 bits per heavy atom. The molecule has 0 spiro atoms. The fourth-order valence-electron chi connectivity index (χ4n) is 1.57. The second kappa shape index (κ2) is 5.33. The Hall–Kier alpha value is -1.33. The van der Waals surface area contributed by atoms with E-state index in [1.807, 2.05) is 23.8 Å². The molecule has 0 aliphatic heterocycles. The van der Waals surface area contributed by atoms with Crippen LogP contribution in [0.1, 0.15) is 21.5 Å². The molecule has 0 bridgehead atoms. The van der Waals surface area contributed by atoms with Gasteiger partial charge in [0.1, 0.15) is 4.88 Å². The van der Waals surface area contributed by atoms with Crippen molar-refractivity contribution in [2.24, 2.45) is 0 Å². The summed E-state index contributed by atoms with van der Waals surface area (Å²) in [6.07, 6.45) is 0.856. The van der Waals surface area contributed by atoms with E-state index < -0.39 is 0 Å². The van der Waals surface area contributed by atoms with Gasteiger partial charge < -0.3 is 11.1 Å². The van der Waals surface area contributed by atoms with Crippen LogP contribution >= 0.6 is 22.7 Å². The minimum Gasteiger partial charge on any atom is -0.397 e. The quantitative estimate of drug-likeness (QED) is 0.894. The third-order valence-electron chi connectivity index (χ3n) is 2.37. The predicted molar refractivity (Wildman–Crippen MR) is 73.7 cm³/mol. The van der Waals surface area contributed by atoms with Crippen LogP contribution in [0.2, 0.25) is 0 Å². The van der Waals surface area contributed by atoms with E-state index in [0.717, 1.165) is 6.42 Å². The molecule has 2 aromatic rings. The highest BCUT2D eigenvalue weighted by Crippen LogP contribution is 2.19. The van der Waals surface area contributed by atoms with Gasteiger partial charge in [-0.3, -0.25) is 4.79 Å². The van der Waals surface area contributed by atoms with Crippen molar-refractivity contribution >= 4 is 34.3 Å². The van der Waals surface area contributed by atoms with Crippen LogP contribution in [0.25, 0.3) is 0 Å². The number of hydrogen-bond acceptors (Lipinski definition) is 4. The molecule has 5 heteroatoms. The number of carbonyl (C=O) groups is 1. The summed E-state index contributed by atoms with van der Waals surface area (Å²) in [6, 6.07) is 5.96. The molecule has 0 aromatic carbocycles. The van der Waals surface area contributed by atoms with E-state index in [2.05, 4.69) is 11.4 Å². The van der Waals surface area contributed by atoms with Gasteiger partial charge in [0.2, 0.25) is 0 Å². The number of hydrogen-bond donors (Lipinski definition) is 2. The van der Waals surface area contributed by atoms with Crippen LogP contribution in [0.4, 0.5) is 5.69 Å². The molecule has 1 atom stereocenters. The average molecular weight is 266 g/mol. The maximum Gasteiger partial charge on any atom is 0.263 e. The van der Waals surface area contributed by atoms with Crippen LogP contribution in [0, 0.1) is 0 Å². The lowest BCUT2D eigenvalue weighted by molar-refractivity contribution is 0.0945. The van der Waals surface area contributed by atoms with Gasteiger partial charge in [-0.1, -0.05) is 6.07 Å². The van der Waals surface area contributed by atoms with Gasteiger partial charge in [0, 0.05) is 17.3 Å². The van der Waals surface area contributed by atoms with E-state index in [0.29, 0.717) is 10.6 Å². The van der Waals surface area contributed by atoms with E-state index in [-0.39, 0.29) is 11.9 Å². The molecule has 0 saturated carbocycles. The van der Waals surface area contributed by atoms with E-state index in [9.17, 15) is 4.79 Å². The number of anilines is 1. The van der Waals surface area contributed by atoms with E-state index in [4.69, 9.17) is 5.73 Å². The largest absolute Gasteiger partial charge is 0.397 e. The Morgan fingerprint density at radius 3 is 2.82 bits per heavy atom. The highest BCUT2D eigenvalue weighted by molar-refractivity contribution is 7.12. The monoisotopic (exact) mass is 266 g/mol. The van der Waals surface area contributed by atoms with Crippen molar-refractivity contribution in [2.45, 2.75) is 19.4 Å². The maximum atomic E-state index is 11.9. The fourth-order valence-corrected chi connectivity index (χ4v) is 3.13. The topological polar surface area (TPSA) is 55.1 Å². The zero-order valence-corrected chi connectivity index (χ0v) is 11.1. The van der Waals surface area contributed by atoms with Crippen molar-refractivity contribution < 1.29 is 4.79 Å². The molecule has 17 heavy (non-hydrogen) atoms. The number of rotatable bonds is 4. The second-order valence-electron chi connectivity index (χ2n) is 3.86. The first-order valence-corrected chi connectivity index (χ1v) is 7.09. The summed E-state index contributed by atoms with van der Waals surface area (Å²) in [7, 11) is 0. The molecule has 0 aliphatic rings. The van der Waals surface area contributed by atoms with Crippen molar-refractivity contribution in [3.8, 4) is 0 Å². The van der Waals surface area contributed by atoms with Gasteiger partial charge in [0.05, 0.1) is 5.69 Å². The number of nitrogens with one attached hydrogen (secondary N) is 1. The molecule has 1 amide bonds. The van der Waals surface area contributed by atoms with Gasteiger partial charge in [0.25, 0.3) is 5.91 Å². The first-order valence-electron chi connectivity index (χ1n) is 5.33. The number of thiophene rings is 2. The molecule has 3 N–H and O–H groups in total. The van der Waals surface area contributed by atoms with Gasteiger partial charge in [-0.25, -0.2) is 0 Å². The molecule has 3 nitrogen and oxygen atoms in total. The number of nitrogen functional groups attached to an aromatic ring is 1.